The van der Waals surface area contributed by atoms with E-state index in [1.54, 1.807) is 11.6 Å². The molecule has 1 amide bonds. The summed E-state index contributed by atoms with van der Waals surface area (Å²) in [7, 11) is 0. The zero-order chi connectivity index (χ0) is 20.4. The van der Waals surface area contributed by atoms with Crippen LogP contribution in [0, 0.1) is 6.92 Å². The Morgan fingerprint density at radius 1 is 1.28 bits per heavy atom. The predicted molar refractivity (Wildman–Crippen MR) is 121 cm³/mol. The van der Waals surface area contributed by atoms with E-state index in [2.05, 4.69) is 20.3 Å². The highest BCUT2D eigenvalue weighted by Crippen LogP contribution is 2.32. The van der Waals surface area contributed by atoms with Crippen molar-refractivity contribution in [2.24, 2.45) is 0 Å². The van der Waals surface area contributed by atoms with Crippen LogP contribution in [0.2, 0.25) is 0 Å². The Hall–Kier alpha value is -2.49. The van der Waals surface area contributed by atoms with Crippen molar-refractivity contribution in [1.82, 2.24) is 15.0 Å². The molecule has 1 aromatic carbocycles. The van der Waals surface area contributed by atoms with E-state index in [-0.39, 0.29) is 16.7 Å². The number of thioether (sulfide) groups is 1. The smallest absolute Gasteiger partial charge is 0.260 e. The molecular weight excluding hydrogens is 424 g/mol. The highest BCUT2D eigenvalue weighted by molar-refractivity contribution is 8.00. The molecule has 148 valence electrons. The lowest BCUT2D eigenvalue weighted by atomic mass is 10.1. The molecule has 0 bridgehead atoms. The van der Waals surface area contributed by atoms with Crippen molar-refractivity contribution < 1.29 is 4.79 Å². The summed E-state index contributed by atoms with van der Waals surface area (Å²) in [6.07, 6.45) is 2.24. The van der Waals surface area contributed by atoms with Crippen molar-refractivity contribution in [2.75, 3.05) is 5.32 Å². The highest BCUT2D eigenvalue weighted by atomic mass is 32.2. The third-order valence-corrected chi connectivity index (χ3v) is 7.17. The van der Waals surface area contributed by atoms with Crippen LogP contribution < -0.4 is 10.9 Å². The first-order valence-corrected chi connectivity index (χ1v) is 11.6. The molecule has 1 atom stereocenters. The number of thiazole rings is 1. The van der Waals surface area contributed by atoms with Gasteiger partial charge in [-0.3, -0.25) is 9.59 Å². The van der Waals surface area contributed by atoms with E-state index in [0.29, 0.717) is 26.9 Å². The van der Waals surface area contributed by atoms with Crippen LogP contribution in [0.3, 0.4) is 0 Å². The molecule has 0 radical (unpaired) electrons. The van der Waals surface area contributed by atoms with E-state index in [9.17, 15) is 9.59 Å². The Bertz CT molecular complexity index is 1200. The van der Waals surface area contributed by atoms with Crippen LogP contribution in [0.15, 0.2) is 51.2 Å². The van der Waals surface area contributed by atoms with Gasteiger partial charge in [0.2, 0.25) is 5.91 Å². The molecule has 9 heteroatoms. The molecule has 0 saturated carbocycles. The number of nitrogens with one attached hydrogen (secondary N) is 2. The maximum absolute atomic E-state index is 12.8. The van der Waals surface area contributed by atoms with Gasteiger partial charge in [-0.05, 0) is 18.9 Å². The standard InChI is InChI=1S/C20H18N4O2S3/c1-3-14(16(25)22-19-21-8-9-27-19)29-20-23-17(26)15-13(10-28-18(15)24-20)12-6-4-11(2)5-7-12/h4-10,14H,3H2,1-2H3,(H,21,22,25)(H,23,24,26). The summed E-state index contributed by atoms with van der Waals surface area (Å²) in [6, 6.07) is 8.07. The molecule has 0 spiro atoms. The number of aromatic nitrogens is 3. The fraction of sp³-hybridized carbons (Fsp3) is 0.200. The van der Waals surface area contributed by atoms with Crippen molar-refractivity contribution in [2.45, 2.75) is 30.7 Å². The van der Waals surface area contributed by atoms with E-state index in [1.165, 1.54) is 40.0 Å². The van der Waals surface area contributed by atoms with E-state index in [0.717, 1.165) is 11.1 Å². The number of amides is 1. The number of aryl methyl sites for hydroxylation is 1. The Labute approximate surface area is 179 Å². The zero-order valence-electron chi connectivity index (χ0n) is 15.8. The second-order valence-electron chi connectivity index (χ2n) is 6.41. The average Bonchev–Trinajstić information content (AvgIpc) is 3.36. The summed E-state index contributed by atoms with van der Waals surface area (Å²) in [6.45, 7) is 3.96. The Balaban J connectivity index is 1.61. The number of carbonyl (C=O) groups excluding carboxylic acids is 1. The van der Waals surface area contributed by atoms with Gasteiger partial charge in [0.1, 0.15) is 4.83 Å². The molecule has 3 aromatic heterocycles. The SMILES string of the molecule is CCC(Sc1nc2scc(-c3ccc(C)cc3)c2c(=O)[nH]1)C(=O)Nc1nccs1. The van der Waals surface area contributed by atoms with Gasteiger partial charge >= 0.3 is 0 Å². The van der Waals surface area contributed by atoms with Crippen LogP contribution in [0.1, 0.15) is 18.9 Å². The normalized spacial score (nSPS) is 12.2. The van der Waals surface area contributed by atoms with Gasteiger partial charge in [-0.15, -0.1) is 22.7 Å². The minimum atomic E-state index is -0.379. The van der Waals surface area contributed by atoms with Gasteiger partial charge in [-0.25, -0.2) is 9.97 Å². The summed E-state index contributed by atoms with van der Waals surface area (Å²) < 4.78 is 0. The van der Waals surface area contributed by atoms with Gasteiger partial charge in [0.15, 0.2) is 10.3 Å². The van der Waals surface area contributed by atoms with Crippen LogP contribution in [0.5, 0.6) is 0 Å². The molecule has 3 heterocycles. The molecule has 0 saturated heterocycles. The predicted octanol–water partition coefficient (Wildman–Crippen LogP) is 4.93. The lowest BCUT2D eigenvalue weighted by Crippen LogP contribution is -2.25. The molecule has 2 N–H and O–H groups in total. The van der Waals surface area contributed by atoms with E-state index < -0.39 is 0 Å². The molecule has 0 aliphatic heterocycles. The average molecular weight is 443 g/mol. The maximum atomic E-state index is 12.8. The topological polar surface area (TPSA) is 87.7 Å². The number of nitrogens with zero attached hydrogens (tertiary/aromatic N) is 2. The van der Waals surface area contributed by atoms with E-state index in [1.807, 2.05) is 43.5 Å². The second-order valence-corrected chi connectivity index (χ2v) is 9.35. The van der Waals surface area contributed by atoms with Gasteiger partial charge in [0, 0.05) is 22.5 Å². The second kappa shape index (κ2) is 8.48. The lowest BCUT2D eigenvalue weighted by molar-refractivity contribution is -0.115. The van der Waals surface area contributed by atoms with Crippen LogP contribution >= 0.6 is 34.4 Å². The molecule has 0 fully saturated rings. The molecule has 4 rings (SSSR count). The molecule has 1 unspecified atom stereocenters. The van der Waals surface area contributed by atoms with Gasteiger partial charge in [0.25, 0.3) is 5.56 Å². The number of aromatic amines is 1. The number of thiophene rings is 1. The molecule has 0 aliphatic rings. The summed E-state index contributed by atoms with van der Waals surface area (Å²) in [4.78, 5) is 37.5. The number of benzene rings is 1. The Morgan fingerprint density at radius 2 is 2.07 bits per heavy atom. The number of carbonyl (C=O) groups is 1. The first-order chi connectivity index (χ1) is 14.0. The first kappa shape index (κ1) is 19.8. The monoisotopic (exact) mass is 442 g/mol. The van der Waals surface area contributed by atoms with Gasteiger partial charge in [-0.1, -0.05) is 48.5 Å². The summed E-state index contributed by atoms with van der Waals surface area (Å²) in [5.74, 6) is -0.151. The van der Waals surface area contributed by atoms with E-state index in [4.69, 9.17) is 0 Å². The number of H-pyrrole nitrogens is 1. The van der Waals surface area contributed by atoms with Crippen molar-refractivity contribution in [3.8, 4) is 11.1 Å². The third kappa shape index (κ3) is 4.26. The van der Waals surface area contributed by atoms with Crippen LogP contribution in [-0.4, -0.2) is 26.1 Å². The fourth-order valence-corrected chi connectivity index (χ4v) is 5.29. The highest BCUT2D eigenvalue weighted by Gasteiger charge is 2.21. The third-order valence-electron chi connectivity index (χ3n) is 4.36. The summed E-state index contributed by atoms with van der Waals surface area (Å²) in [5, 5.41) is 7.78. The van der Waals surface area contributed by atoms with E-state index >= 15 is 0 Å². The molecule has 0 aliphatic carbocycles. The maximum Gasteiger partial charge on any atom is 0.260 e. The Kier molecular flexibility index (Phi) is 5.79. The van der Waals surface area contributed by atoms with Crippen molar-refractivity contribution in [1.29, 1.82) is 0 Å². The Morgan fingerprint density at radius 3 is 2.76 bits per heavy atom. The molecule has 29 heavy (non-hydrogen) atoms. The number of rotatable bonds is 6. The molecule has 6 nitrogen and oxygen atoms in total. The van der Waals surface area contributed by atoms with Crippen LogP contribution in [-0.2, 0) is 4.79 Å². The first-order valence-electron chi connectivity index (χ1n) is 9.00. The number of hydrogen-bond acceptors (Lipinski definition) is 7. The zero-order valence-corrected chi connectivity index (χ0v) is 18.2. The fourth-order valence-electron chi connectivity index (χ4n) is 2.86. The van der Waals surface area contributed by atoms with Crippen molar-refractivity contribution >= 4 is 55.7 Å². The minimum absolute atomic E-state index is 0.151. The summed E-state index contributed by atoms with van der Waals surface area (Å²) >= 11 is 4.06. The van der Waals surface area contributed by atoms with Gasteiger partial charge in [0.05, 0.1) is 10.6 Å². The number of anilines is 1. The lowest BCUT2D eigenvalue weighted by Gasteiger charge is -2.12. The van der Waals surface area contributed by atoms with Crippen LogP contribution in [0.4, 0.5) is 5.13 Å². The molecule has 4 aromatic rings. The van der Waals surface area contributed by atoms with Gasteiger partial charge in [-0.2, -0.15) is 0 Å². The number of fused-ring (bicyclic) bond motifs is 1. The van der Waals surface area contributed by atoms with Gasteiger partial charge < -0.3 is 10.3 Å². The number of hydrogen-bond donors (Lipinski definition) is 2. The molecular formula is C20H18N4O2S3. The quantitative estimate of drug-likeness (QED) is 0.327. The largest absolute Gasteiger partial charge is 0.301 e. The van der Waals surface area contributed by atoms with Crippen molar-refractivity contribution in [3.05, 3.63) is 57.1 Å². The van der Waals surface area contributed by atoms with Crippen LogP contribution in [0.25, 0.3) is 21.3 Å². The minimum Gasteiger partial charge on any atom is -0.301 e. The summed E-state index contributed by atoms with van der Waals surface area (Å²) in [5.41, 5.74) is 2.85. The van der Waals surface area contributed by atoms with Crippen molar-refractivity contribution in [3.63, 3.8) is 0 Å².